The number of morpholine rings is 2. The molecule has 0 radical (unpaired) electrons. The Morgan fingerprint density at radius 2 is 1.56 bits per heavy atom. The molecule has 2 saturated heterocycles. The van der Waals surface area contributed by atoms with Gasteiger partial charge in [-0.15, -0.1) is 0 Å². The van der Waals surface area contributed by atoms with Gasteiger partial charge in [0.1, 0.15) is 0 Å². The van der Waals surface area contributed by atoms with Gasteiger partial charge in [-0.1, -0.05) is 23.9 Å². The highest BCUT2D eigenvalue weighted by molar-refractivity contribution is 7.98. The molecular formula is C26H31F3N4O4S2. The van der Waals surface area contributed by atoms with Gasteiger partial charge in [0.25, 0.3) is 0 Å². The molecule has 0 saturated carbocycles. The highest BCUT2D eigenvalue weighted by Gasteiger charge is 2.30. The van der Waals surface area contributed by atoms with E-state index < -0.39 is 21.8 Å². The highest BCUT2D eigenvalue weighted by Crippen LogP contribution is 2.32. The number of aryl methyl sites for hydroxylation is 1. The van der Waals surface area contributed by atoms with Crippen molar-refractivity contribution in [1.82, 2.24) is 18.8 Å². The van der Waals surface area contributed by atoms with Crippen molar-refractivity contribution >= 4 is 32.8 Å². The zero-order chi connectivity index (χ0) is 27.5. The van der Waals surface area contributed by atoms with Gasteiger partial charge < -0.3 is 14.0 Å². The zero-order valence-electron chi connectivity index (χ0n) is 21.4. The Morgan fingerprint density at radius 1 is 0.897 bits per heavy atom. The number of hydrogen-bond acceptors (Lipinski definition) is 7. The second kappa shape index (κ2) is 12.1. The molecule has 0 bridgehead atoms. The third kappa shape index (κ3) is 6.77. The number of rotatable bonds is 9. The number of alkyl halides is 3. The minimum Gasteiger partial charge on any atom is -0.379 e. The van der Waals surface area contributed by atoms with E-state index in [-0.39, 0.29) is 4.90 Å². The second-order valence-corrected chi connectivity index (χ2v) is 12.4. The Bertz CT molecular complexity index is 1370. The van der Waals surface area contributed by atoms with E-state index >= 15 is 0 Å². The average molecular weight is 585 g/mol. The van der Waals surface area contributed by atoms with Crippen molar-refractivity contribution < 1.29 is 31.1 Å². The van der Waals surface area contributed by atoms with Gasteiger partial charge in [0.05, 0.1) is 47.9 Å². The molecule has 0 aliphatic carbocycles. The second-order valence-electron chi connectivity index (χ2n) is 9.50. The summed E-state index contributed by atoms with van der Waals surface area (Å²) in [5.74, 6) is 0.434. The molecule has 0 unspecified atom stereocenters. The topological polar surface area (TPSA) is 76.9 Å². The smallest absolute Gasteiger partial charge is 0.379 e. The lowest BCUT2D eigenvalue weighted by molar-refractivity contribution is -0.137. The van der Waals surface area contributed by atoms with Crippen LogP contribution in [-0.4, -0.2) is 86.3 Å². The lowest BCUT2D eigenvalue weighted by atomic mass is 10.1. The molecule has 0 N–H and O–H groups in total. The molecule has 0 spiro atoms. The summed E-state index contributed by atoms with van der Waals surface area (Å²) in [7, 11) is -3.67. The fourth-order valence-electron chi connectivity index (χ4n) is 4.73. The molecule has 1 aromatic heterocycles. The first-order valence-electron chi connectivity index (χ1n) is 12.9. The van der Waals surface area contributed by atoms with Crippen LogP contribution in [0.15, 0.2) is 52.5 Å². The third-order valence-electron chi connectivity index (χ3n) is 6.90. The van der Waals surface area contributed by atoms with Crippen molar-refractivity contribution in [2.45, 2.75) is 34.9 Å². The monoisotopic (exact) mass is 584 g/mol. The van der Waals surface area contributed by atoms with Crippen molar-refractivity contribution in [2.24, 2.45) is 0 Å². The molecule has 0 amide bonds. The van der Waals surface area contributed by atoms with E-state index in [1.807, 2.05) is 0 Å². The SMILES string of the molecule is O=S(=O)(c1ccc2c(c1)nc(SCc1ccc(C(F)(F)F)cc1)n2CCCN1CCOCC1)N1CCOCC1. The summed E-state index contributed by atoms with van der Waals surface area (Å²) < 4.78 is 79.5. The van der Waals surface area contributed by atoms with Gasteiger partial charge in [-0.05, 0) is 42.3 Å². The predicted molar refractivity (Wildman–Crippen MR) is 142 cm³/mol. The molecule has 0 atom stereocenters. The maximum absolute atomic E-state index is 13.2. The van der Waals surface area contributed by atoms with Gasteiger partial charge in [0, 0.05) is 45.0 Å². The van der Waals surface area contributed by atoms with E-state index in [1.54, 1.807) is 18.2 Å². The van der Waals surface area contributed by atoms with Crippen molar-refractivity contribution in [3.8, 4) is 0 Å². The number of thioether (sulfide) groups is 1. The van der Waals surface area contributed by atoms with Crippen LogP contribution >= 0.6 is 11.8 Å². The number of halogens is 3. The third-order valence-corrected chi connectivity index (χ3v) is 9.84. The average Bonchev–Trinajstić information content (AvgIpc) is 3.29. The van der Waals surface area contributed by atoms with E-state index in [0.29, 0.717) is 49.3 Å². The fraction of sp³-hybridized carbons (Fsp3) is 0.500. The van der Waals surface area contributed by atoms with Gasteiger partial charge >= 0.3 is 6.18 Å². The van der Waals surface area contributed by atoms with Crippen molar-refractivity contribution in [2.75, 3.05) is 59.2 Å². The molecular weight excluding hydrogens is 553 g/mol. The number of sulfonamides is 1. The minimum atomic E-state index is -4.38. The van der Waals surface area contributed by atoms with Crippen LogP contribution in [0, 0.1) is 0 Å². The van der Waals surface area contributed by atoms with E-state index in [2.05, 4.69) is 9.47 Å². The number of ether oxygens (including phenoxy) is 2. The number of nitrogens with zero attached hydrogens (tertiary/aromatic N) is 4. The molecule has 2 aromatic carbocycles. The number of hydrogen-bond donors (Lipinski definition) is 0. The van der Waals surface area contributed by atoms with Crippen molar-refractivity contribution in [3.05, 3.63) is 53.6 Å². The highest BCUT2D eigenvalue weighted by atomic mass is 32.2. The van der Waals surface area contributed by atoms with Crippen LogP contribution in [0.25, 0.3) is 11.0 Å². The van der Waals surface area contributed by atoms with E-state index in [4.69, 9.17) is 14.5 Å². The molecule has 2 aliphatic heterocycles. The van der Waals surface area contributed by atoms with Crippen LogP contribution in [0.3, 0.4) is 0 Å². The maximum Gasteiger partial charge on any atom is 0.416 e. The first-order chi connectivity index (χ1) is 18.7. The number of aromatic nitrogens is 2. The molecule has 39 heavy (non-hydrogen) atoms. The van der Waals surface area contributed by atoms with E-state index in [0.717, 1.165) is 62.5 Å². The molecule has 2 aliphatic rings. The van der Waals surface area contributed by atoms with E-state index in [1.165, 1.54) is 28.2 Å². The molecule has 5 rings (SSSR count). The number of imidazole rings is 1. The summed E-state index contributed by atoms with van der Waals surface area (Å²) in [6.45, 7) is 6.16. The number of benzene rings is 2. The molecule has 8 nitrogen and oxygen atoms in total. The summed E-state index contributed by atoms with van der Waals surface area (Å²) in [5.41, 5.74) is 1.47. The van der Waals surface area contributed by atoms with Crippen LogP contribution in [0.2, 0.25) is 0 Å². The van der Waals surface area contributed by atoms with Crippen LogP contribution in [0.4, 0.5) is 13.2 Å². The first-order valence-corrected chi connectivity index (χ1v) is 15.3. The van der Waals surface area contributed by atoms with Crippen LogP contribution in [0.1, 0.15) is 17.5 Å². The Hall–Kier alpha value is -2.16. The Kier molecular flexibility index (Phi) is 8.84. The van der Waals surface area contributed by atoms with Crippen molar-refractivity contribution in [1.29, 1.82) is 0 Å². The van der Waals surface area contributed by atoms with Gasteiger partial charge in [-0.3, -0.25) is 4.90 Å². The van der Waals surface area contributed by atoms with Crippen LogP contribution in [0.5, 0.6) is 0 Å². The van der Waals surface area contributed by atoms with Gasteiger partial charge in [-0.25, -0.2) is 13.4 Å². The first kappa shape index (κ1) is 28.4. The molecule has 212 valence electrons. The lowest BCUT2D eigenvalue weighted by Crippen LogP contribution is -2.40. The maximum atomic E-state index is 13.2. The summed E-state index contributed by atoms with van der Waals surface area (Å²) in [5, 5.41) is 0.702. The molecule has 3 aromatic rings. The van der Waals surface area contributed by atoms with Gasteiger partial charge in [0.15, 0.2) is 5.16 Å². The summed E-state index contributed by atoms with van der Waals surface area (Å²) >= 11 is 1.43. The van der Waals surface area contributed by atoms with Crippen molar-refractivity contribution in [3.63, 3.8) is 0 Å². The normalized spacial score (nSPS) is 18.1. The van der Waals surface area contributed by atoms with Gasteiger partial charge in [-0.2, -0.15) is 17.5 Å². The molecule has 2 fully saturated rings. The predicted octanol–water partition coefficient (Wildman–Crippen LogP) is 4.09. The van der Waals surface area contributed by atoms with Crippen LogP contribution < -0.4 is 0 Å². The minimum absolute atomic E-state index is 0.189. The number of fused-ring (bicyclic) bond motifs is 1. The molecule has 3 heterocycles. The standard InChI is InChI=1S/C26H31F3N4O4S2/c27-26(28,29)21-4-2-20(3-5-21)19-38-25-30-23-18-22(39(34,35)32-12-16-37-17-13-32)6-7-24(23)33(25)9-1-8-31-10-14-36-15-11-31/h2-7,18H,1,8-17,19H2. The Labute approximate surface area is 230 Å². The fourth-order valence-corrected chi connectivity index (χ4v) is 7.15. The van der Waals surface area contributed by atoms with Crippen LogP contribution in [-0.2, 0) is 38.0 Å². The summed E-state index contributed by atoms with van der Waals surface area (Å²) in [6, 6.07) is 10.2. The zero-order valence-corrected chi connectivity index (χ0v) is 23.0. The molecule has 13 heteroatoms. The largest absolute Gasteiger partial charge is 0.416 e. The van der Waals surface area contributed by atoms with E-state index in [9.17, 15) is 21.6 Å². The lowest BCUT2D eigenvalue weighted by Gasteiger charge is -2.26. The Balaban J connectivity index is 1.38. The van der Waals surface area contributed by atoms with Gasteiger partial charge in [0.2, 0.25) is 10.0 Å². The summed E-state index contributed by atoms with van der Waals surface area (Å²) in [6.07, 6.45) is -3.51. The Morgan fingerprint density at radius 3 is 2.23 bits per heavy atom. The quantitative estimate of drug-likeness (QED) is 0.351. The summed E-state index contributed by atoms with van der Waals surface area (Å²) in [4.78, 5) is 7.31.